The van der Waals surface area contributed by atoms with Crippen molar-refractivity contribution in [2.24, 2.45) is 0 Å². The summed E-state index contributed by atoms with van der Waals surface area (Å²) < 4.78 is 11.6. The smallest absolute Gasteiger partial charge is 0.333 e. The molecule has 0 atom stereocenters. The fourth-order valence-electron chi connectivity index (χ4n) is 3.48. The molecule has 4 aromatic rings. The van der Waals surface area contributed by atoms with Crippen LogP contribution in [0.3, 0.4) is 0 Å². The number of pyridine rings is 1. The highest BCUT2D eigenvalue weighted by Gasteiger charge is 2.18. The zero-order valence-corrected chi connectivity index (χ0v) is 16.6. The van der Waals surface area contributed by atoms with Crippen molar-refractivity contribution in [2.45, 2.75) is 39.4 Å². The summed E-state index contributed by atoms with van der Waals surface area (Å²) in [5, 5.41) is 0. The van der Waals surface area contributed by atoms with Crippen LogP contribution in [0.5, 0.6) is 0 Å². The van der Waals surface area contributed by atoms with Crippen LogP contribution in [0.4, 0.5) is 0 Å². The summed E-state index contributed by atoms with van der Waals surface area (Å²) in [7, 11) is 1.61. The van der Waals surface area contributed by atoms with Crippen LogP contribution in [-0.2, 0) is 24.4 Å². The average Bonchev–Trinajstić information content (AvgIpc) is 3.33. The summed E-state index contributed by atoms with van der Waals surface area (Å²) in [5.74, 6) is 0. The molecule has 0 amide bonds. The topological polar surface area (TPSA) is 88.4 Å². The molecule has 4 aromatic heterocycles. The monoisotopic (exact) mass is 396 g/mol. The normalized spacial score (nSPS) is 11.7. The van der Waals surface area contributed by atoms with E-state index in [9.17, 15) is 9.59 Å². The van der Waals surface area contributed by atoms with E-state index in [1.165, 1.54) is 4.57 Å². The molecule has 0 N–H and O–H groups in total. The van der Waals surface area contributed by atoms with Crippen LogP contribution in [0.25, 0.3) is 16.8 Å². The second-order valence-electron chi connectivity index (χ2n) is 6.98. The van der Waals surface area contributed by atoms with Crippen LogP contribution in [-0.4, -0.2) is 41.8 Å². The molecule has 0 fully saturated rings. The Morgan fingerprint density at radius 1 is 1.14 bits per heavy atom. The highest BCUT2D eigenvalue weighted by Crippen LogP contribution is 2.10. The van der Waals surface area contributed by atoms with Crippen molar-refractivity contribution in [3.63, 3.8) is 0 Å². The van der Waals surface area contributed by atoms with Gasteiger partial charge in [0.25, 0.3) is 5.56 Å². The molecule has 0 aromatic carbocycles. The number of unbranched alkanes of at least 4 members (excludes halogenated alkanes) is 1. The first-order valence-electron chi connectivity index (χ1n) is 9.74. The van der Waals surface area contributed by atoms with Crippen molar-refractivity contribution in [1.82, 2.24) is 28.1 Å². The van der Waals surface area contributed by atoms with Crippen molar-refractivity contribution in [2.75, 3.05) is 13.7 Å². The van der Waals surface area contributed by atoms with E-state index in [-0.39, 0.29) is 17.8 Å². The summed E-state index contributed by atoms with van der Waals surface area (Å²) >= 11 is 0. The first-order chi connectivity index (χ1) is 14.1. The fourth-order valence-corrected chi connectivity index (χ4v) is 3.48. The summed E-state index contributed by atoms with van der Waals surface area (Å²) in [6, 6.07) is 5.69. The Morgan fingerprint density at radius 2 is 2.00 bits per heavy atom. The Morgan fingerprint density at radius 3 is 2.76 bits per heavy atom. The van der Waals surface area contributed by atoms with Crippen LogP contribution >= 0.6 is 0 Å². The van der Waals surface area contributed by atoms with Gasteiger partial charge in [-0.2, -0.15) is 0 Å². The number of aromatic nitrogens is 6. The molecule has 0 radical (unpaired) electrons. The van der Waals surface area contributed by atoms with Gasteiger partial charge in [0.2, 0.25) is 0 Å². The first kappa shape index (κ1) is 19.1. The van der Waals surface area contributed by atoms with Gasteiger partial charge < -0.3 is 13.7 Å². The van der Waals surface area contributed by atoms with E-state index in [1.54, 1.807) is 22.6 Å². The minimum Gasteiger partial charge on any atom is -0.383 e. The van der Waals surface area contributed by atoms with E-state index in [0.717, 1.165) is 18.5 Å². The molecule has 0 saturated carbocycles. The molecular formula is C20H24N6O3. The van der Waals surface area contributed by atoms with Gasteiger partial charge >= 0.3 is 5.69 Å². The maximum absolute atomic E-state index is 13.3. The molecule has 0 aliphatic carbocycles. The number of rotatable bonds is 8. The molecule has 4 rings (SSSR count). The number of ether oxygens (including phenoxy) is 1. The number of hydrogen-bond donors (Lipinski definition) is 0. The number of methoxy groups -OCH3 is 1. The summed E-state index contributed by atoms with van der Waals surface area (Å²) in [5.41, 5.74) is 1.55. The molecule has 0 aliphatic rings. The molecule has 0 unspecified atom stereocenters. The number of nitrogens with zero attached hydrogens (tertiary/aromatic N) is 6. The van der Waals surface area contributed by atoms with E-state index in [1.807, 2.05) is 35.0 Å². The van der Waals surface area contributed by atoms with Crippen molar-refractivity contribution >= 4 is 16.8 Å². The van der Waals surface area contributed by atoms with Gasteiger partial charge in [0.05, 0.1) is 25.2 Å². The van der Waals surface area contributed by atoms with Crippen molar-refractivity contribution in [3.05, 3.63) is 63.5 Å². The average molecular weight is 396 g/mol. The quantitative estimate of drug-likeness (QED) is 0.450. The highest BCUT2D eigenvalue weighted by atomic mass is 16.5. The predicted molar refractivity (Wildman–Crippen MR) is 109 cm³/mol. The maximum atomic E-state index is 13.3. The SMILES string of the molecule is CCCCn1c(=O)n(Cc2cn3ccccc3n2)c(=O)c2c1ncn2CCOC. The fraction of sp³-hybridized carbons (Fsp3) is 0.400. The van der Waals surface area contributed by atoms with Gasteiger partial charge in [0.1, 0.15) is 5.65 Å². The summed E-state index contributed by atoms with van der Waals surface area (Å²) in [6.45, 7) is 3.62. The lowest BCUT2D eigenvalue weighted by Crippen LogP contribution is -2.41. The summed E-state index contributed by atoms with van der Waals surface area (Å²) in [4.78, 5) is 35.3. The molecule has 0 bridgehead atoms. The lowest BCUT2D eigenvalue weighted by Gasteiger charge is -2.11. The molecular weight excluding hydrogens is 372 g/mol. The first-order valence-corrected chi connectivity index (χ1v) is 9.74. The molecule has 9 heteroatoms. The third-order valence-corrected chi connectivity index (χ3v) is 4.99. The molecule has 0 saturated heterocycles. The van der Waals surface area contributed by atoms with Gasteiger partial charge in [0, 0.05) is 32.6 Å². The Hall–Kier alpha value is -3.20. The van der Waals surface area contributed by atoms with E-state index < -0.39 is 0 Å². The lowest BCUT2D eigenvalue weighted by atomic mass is 10.3. The molecule has 152 valence electrons. The van der Waals surface area contributed by atoms with E-state index in [2.05, 4.69) is 16.9 Å². The van der Waals surface area contributed by atoms with E-state index >= 15 is 0 Å². The van der Waals surface area contributed by atoms with Gasteiger partial charge in [-0.05, 0) is 18.6 Å². The molecule has 0 spiro atoms. The highest BCUT2D eigenvalue weighted by molar-refractivity contribution is 5.70. The largest absolute Gasteiger partial charge is 0.383 e. The zero-order chi connectivity index (χ0) is 20.4. The predicted octanol–water partition coefficient (Wildman–Crippen LogP) is 1.50. The second-order valence-corrected chi connectivity index (χ2v) is 6.98. The zero-order valence-electron chi connectivity index (χ0n) is 16.6. The number of imidazole rings is 2. The van der Waals surface area contributed by atoms with Gasteiger partial charge in [-0.25, -0.2) is 14.8 Å². The summed E-state index contributed by atoms with van der Waals surface area (Å²) in [6.07, 6.45) is 7.08. The van der Waals surface area contributed by atoms with Crippen molar-refractivity contribution in [3.8, 4) is 0 Å². The standard InChI is InChI=1S/C20H24N6O3/c1-3-4-9-25-18-17(24(14-21-18)10-11-29-2)19(27)26(20(25)28)13-15-12-23-8-6-5-7-16(23)22-15/h5-8,12,14H,3-4,9-11,13H2,1-2H3. The van der Waals surface area contributed by atoms with Gasteiger partial charge in [-0.3, -0.25) is 13.9 Å². The van der Waals surface area contributed by atoms with Crippen molar-refractivity contribution in [1.29, 1.82) is 0 Å². The van der Waals surface area contributed by atoms with E-state index in [4.69, 9.17) is 4.74 Å². The Bertz CT molecular complexity index is 1230. The van der Waals surface area contributed by atoms with Crippen LogP contribution in [0.1, 0.15) is 25.5 Å². The molecule has 0 aliphatic heterocycles. The Labute approximate surface area is 166 Å². The van der Waals surface area contributed by atoms with E-state index in [0.29, 0.717) is 36.6 Å². The second kappa shape index (κ2) is 8.04. The Kier molecular flexibility index (Phi) is 5.30. The van der Waals surface area contributed by atoms with Crippen LogP contribution in [0.15, 0.2) is 46.5 Å². The van der Waals surface area contributed by atoms with Gasteiger partial charge in [-0.15, -0.1) is 0 Å². The Balaban J connectivity index is 1.87. The number of aryl methyl sites for hydroxylation is 1. The minimum atomic E-state index is -0.358. The van der Waals surface area contributed by atoms with Crippen LogP contribution in [0.2, 0.25) is 0 Å². The maximum Gasteiger partial charge on any atom is 0.333 e. The molecule has 9 nitrogen and oxygen atoms in total. The number of hydrogen-bond acceptors (Lipinski definition) is 5. The van der Waals surface area contributed by atoms with Gasteiger partial charge in [-0.1, -0.05) is 19.4 Å². The minimum absolute atomic E-state index is 0.108. The van der Waals surface area contributed by atoms with Gasteiger partial charge in [0.15, 0.2) is 11.2 Å². The lowest BCUT2D eigenvalue weighted by molar-refractivity contribution is 0.188. The third-order valence-electron chi connectivity index (χ3n) is 4.99. The molecule has 4 heterocycles. The third kappa shape index (κ3) is 3.49. The number of fused-ring (bicyclic) bond motifs is 2. The molecule has 29 heavy (non-hydrogen) atoms. The van der Waals surface area contributed by atoms with Crippen LogP contribution in [0, 0.1) is 0 Å². The van der Waals surface area contributed by atoms with Crippen molar-refractivity contribution < 1.29 is 4.74 Å². The van der Waals surface area contributed by atoms with Crippen LogP contribution < -0.4 is 11.2 Å².